The monoisotopic (exact) mass is 329 g/mol. The normalized spacial score (nSPS) is 24.4. The molecule has 4 heteroatoms. The first-order valence-corrected chi connectivity index (χ1v) is 8.47. The highest BCUT2D eigenvalue weighted by atomic mass is 35.5. The quantitative estimate of drug-likeness (QED) is 0.849. The molecule has 2 aromatic carbocycles. The molecule has 3 atom stereocenters. The highest BCUT2D eigenvalue weighted by Crippen LogP contribution is 2.36. The number of fused-ring (bicyclic) bond motifs is 2. The maximum atomic E-state index is 6.19. The maximum absolute atomic E-state index is 6.19. The Balaban J connectivity index is 1.44. The van der Waals surface area contributed by atoms with Crippen LogP contribution in [0.4, 0.5) is 0 Å². The van der Waals surface area contributed by atoms with E-state index in [1.54, 1.807) is 0 Å². The van der Waals surface area contributed by atoms with Crippen LogP contribution in [0.5, 0.6) is 11.5 Å². The van der Waals surface area contributed by atoms with Crippen molar-refractivity contribution >= 4 is 11.6 Å². The Labute approximate surface area is 141 Å². The average Bonchev–Trinajstić information content (AvgIpc) is 2.96. The fourth-order valence-electron chi connectivity index (χ4n) is 3.54. The van der Waals surface area contributed by atoms with Crippen molar-refractivity contribution in [2.75, 3.05) is 13.1 Å². The fraction of sp³-hybridized carbons (Fsp3) is 0.368. The van der Waals surface area contributed by atoms with E-state index in [-0.39, 0.29) is 12.3 Å². The van der Waals surface area contributed by atoms with E-state index >= 15 is 0 Å². The van der Waals surface area contributed by atoms with Gasteiger partial charge in [-0.05, 0) is 49.2 Å². The van der Waals surface area contributed by atoms with Crippen molar-refractivity contribution in [3.63, 3.8) is 0 Å². The van der Waals surface area contributed by atoms with Crippen LogP contribution >= 0.6 is 11.6 Å². The highest BCUT2D eigenvalue weighted by Gasteiger charge is 2.40. The molecule has 3 nitrogen and oxygen atoms in total. The largest absolute Gasteiger partial charge is 0.488 e. The topological polar surface area (TPSA) is 21.7 Å². The van der Waals surface area contributed by atoms with E-state index in [1.807, 2.05) is 48.5 Å². The number of hydrogen-bond donors (Lipinski definition) is 0. The Kier molecular flexibility index (Phi) is 3.92. The van der Waals surface area contributed by atoms with Gasteiger partial charge in [-0.1, -0.05) is 29.8 Å². The third-order valence-electron chi connectivity index (χ3n) is 4.76. The Hall–Kier alpha value is -1.71. The number of para-hydroxylation sites is 1. The van der Waals surface area contributed by atoms with Gasteiger partial charge in [0.05, 0.1) is 0 Å². The molecule has 0 aliphatic carbocycles. The van der Waals surface area contributed by atoms with Gasteiger partial charge in [-0.15, -0.1) is 0 Å². The predicted octanol–water partition coefficient (Wildman–Crippen LogP) is 4.00. The van der Waals surface area contributed by atoms with E-state index in [0.29, 0.717) is 5.92 Å². The van der Waals surface area contributed by atoms with Crippen LogP contribution in [0.2, 0.25) is 5.02 Å². The molecule has 1 saturated heterocycles. The summed E-state index contributed by atoms with van der Waals surface area (Å²) in [6, 6.07) is 15.9. The van der Waals surface area contributed by atoms with E-state index < -0.39 is 0 Å². The van der Waals surface area contributed by atoms with Gasteiger partial charge < -0.3 is 9.47 Å². The molecule has 1 unspecified atom stereocenters. The molecule has 1 fully saturated rings. The van der Waals surface area contributed by atoms with Crippen molar-refractivity contribution < 1.29 is 9.47 Å². The zero-order valence-corrected chi connectivity index (χ0v) is 13.9. The molecule has 0 radical (unpaired) electrons. The van der Waals surface area contributed by atoms with Crippen LogP contribution in [0, 0.1) is 5.92 Å². The van der Waals surface area contributed by atoms with Crippen LogP contribution in [0.25, 0.3) is 0 Å². The van der Waals surface area contributed by atoms with Crippen LogP contribution in [-0.4, -0.2) is 30.3 Å². The lowest BCUT2D eigenvalue weighted by molar-refractivity contribution is 0.0499. The molecule has 23 heavy (non-hydrogen) atoms. The average molecular weight is 330 g/mol. The molecular formula is C19H20ClNO2. The molecular weight excluding hydrogens is 310 g/mol. The summed E-state index contributed by atoms with van der Waals surface area (Å²) in [7, 11) is 0. The standard InChI is InChI=1S/C19H20ClNO2/c1-13(22-17-5-3-2-4-6-17)21-11-15-9-14-10-16(20)7-8-18(14)23-19(15)12-21/h2-8,10,13,15,19H,9,11-12H2,1H3/t13?,15-,19-/m1/s1. The zero-order valence-electron chi connectivity index (χ0n) is 13.1. The summed E-state index contributed by atoms with van der Waals surface area (Å²) in [5.41, 5.74) is 1.22. The predicted molar refractivity (Wildman–Crippen MR) is 91.2 cm³/mol. The Morgan fingerprint density at radius 2 is 2.00 bits per heavy atom. The van der Waals surface area contributed by atoms with E-state index in [9.17, 15) is 0 Å². The molecule has 2 heterocycles. The molecule has 0 aromatic heterocycles. The molecule has 120 valence electrons. The lowest BCUT2D eigenvalue weighted by Gasteiger charge is -2.27. The van der Waals surface area contributed by atoms with Gasteiger partial charge in [0.1, 0.15) is 23.8 Å². The van der Waals surface area contributed by atoms with Crippen LogP contribution < -0.4 is 9.47 Å². The number of benzene rings is 2. The molecule has 0 spiro atoms. The summed E-state index contributed by atoms with van der Waals surface area (Å²) in [6.45, 7) is 4.00. The van der Waals surface area contributed by atoms with Crippen molar-refractivity contribution in [1.82, 2.24) is 4.90 Å². The summed E-state index contributed by atoms with van der Waals surface area (Å²) >= 11 is 6.10. The molecule has 0 saturated carbocycles. The molecule has 0 bridgehead atoms. The first-order chi connectivity index (χ1) is 11.2. The minimum absolute atomic E-state index is 0.0401. The number of halogens is 1. The van der Waals surface area contributed by atoms with Gasteiger partial charge in [-0.3, -0.25) is 4.90 Å². The summed E-state index contributed by atoms with van der Waals surface area (Å²) in [6.07, 6.45) is 1.30. The molecule has 0 N–H and O–H groups in total. The van der Waals surface area contributed by atoms with Crippen molar-refractivity contribution in [2.45, 2.75) is 25.7 Å². The highest BCUT2D eigenvalue weighted by molar-refractivity contribution is 6.30. The third-order valence-corrected chi connectivity index (χ3v) is 4.99. The van der Waals surface area contributed by atoms with Gasteiger partial charge in [-0.25, -0.2) is 0 Å². The molecule has 2 aromatic rings. The first kappa shape index (κ1) is 14.9. The smallest absolute Gasteiger partial charge is 0.149 e. The SMILES string of the molecule is CC(Oc1ccccc1)N1C[C@H]2Cc3cc(Cl)ccc3O[C@@H]2C1. The van der Waals surface area contributed by atoms with Crippen molar-refractivity contribution in [3.8, 4) is 11.5 Å². The molecule has 0 amide bonds. The second kappa shape index (κ2) is 6.06. The van der Waals surface area contributed by atoms with Gasteiger partial charge in [0.25, 0.3) is 0 Å². The van der Waals surface area contributed by atoms with E-state index in [1.165, 1.54) is 5.56 Å². The fourth-order valence-corrected chi connectivity index (χ4v) is 3.73. The number of likely N-dealkylation sites (tertiary alicyclic amines) is 1. The molecule has 2 aliphatic heterocycles. The molecule has 4 rings (SSSR count). The summed E-state index contributed by atoms with van der Waals surface area (Å²) < 4.78 is 12.2. The van der Waals surface area contributed by atoms with Crippen molar-refractivity contribution in [1.29, 1.82) is 0 Å². The minimum Gasteiger partial charge on any atom is -0.488 e. The second-order valence-electron chi connectivity index (χ2n) is 6.36. The summed E-state index contributed by atoms with van der Waals surface area (Å²) in [5, 5.41) is 0.779. The van der Waals surface area contributed by atoms with Crippen molar-refractivity contribution in [3.05, 3.63) is 59.1 Å². The van der Waals surface area contributed by atoms with Crippen LogP contribution in [0.1, 0.15) is 12.5 Å². The Bertz CT molecular complexity index is 691. The van der Waals surface area contributed by atoms with Gasteiger partial charge in [0.2, 0.25) is 0 Å². The van der Waals surface area contributed by atoms with Crippen LogP contribution in [-0.2, 0) is 6.42 Å². The lowest BCUT2D eigenvalue weighted by atomic mass is 9.93. The summed E-state index contributed by atoms with van der Waals surface area (Å²) in [5.74, 6) is 2.39. The molecule has 2 aliphatic rings. The minimum atomic E-state index is 0.0401. The van der Waals surface area contributed by atoms with Gasteiger partial charge in [0.15, 0.2) is 0 Å². The zero-order chi connectivity index (χ0) is 15.8. The maximum Gasteiger partial charge on any atom is 0.149 e. The van der Waals surface area contributed by atoms with Gasteiger partial charge >= 0.3 is 0 Å². The lowest BCUT2D eigenvalue weighted by Crippen LogP contribution is -2.36. The summed E-state index contributed by atoms with van der Waals surface area (Å²) in [4.78, 5) is 2.36. The number of rotatable bonds is 3. The van der Waals surface area contributed by atoms with Gasteiger partial charge in [-0.2, -0.15) is 0 Å². The van der Waals surface area contributed by atoms with Crippen LogP contribution in [0.3, 0.4) is 0 Å². The van der Waals surface area contributed by atoms with E-state index in [0.717, 1.165) is 36.0 Å². The Morgan fingerprint density at radius 3 is 2.83 bits per heavy atom. The van der Waals surface area contributed by atoms with E-state index in [4.69, 9.17) is 21.1 Å². The number of nitrogens with zero attached hydrogens (tertiary/aromatic N) is 1. The Morgan fingerprint density at radius 1 is 1.17 bits per heavy atom. The second-order valence-corrected chi connectivity index (χ2v) is 6.79. The van der Waals surface area contributed by atoms with Gasteiger partial charge in [0, 0.05) is 24.0 Å². The first-order valence-electron chi connectivity index (χ1n) is 8.10. The third kappa shape index (κ3) is 3.04. The van der Waals surface area contributed by atoms with Crippen LogP contribution in [0.15, 0.2) is 48.5 Å². The number of hydrogen-bond acceptors (Lipinski definition) is 3. The number of ether oxygens (including phenoxy) is 2. The van der Waals surface area contributed by atoms with E-state index in [2.05, 4.69) is 11.8 Å². The van der Waals surface area contributed by atoms with Crippen molar-refractivity contribution in [2.24, 2.45) is 5.92 Å².